The van der Waals surface area contributed by atoms with Gasteiger partial charge in [-0.05, 0) is 37.3 Å². The number of oxazole rings is 1. The number of piperidine rings is 1. The normalized spacial score (nSPS) is 19.4. The molecule has 29 heavy (non-hydrogen) atoms. The van der Waals surface area contributed by atoms with Gasteiger partial charge in [-0.15, -0.1) is 0 Å². The number of hydrogen-bond acceptors (Lipinski definition) is 7. The van der Waals surface area contributed by atoms with E-state index in [1.807, 2.05) is 17.0 Å². The summed E-state index contributed by atoms with van der Waals surface area (Å²) in [6, 6.07) is 4.26. The molecule has 1 N–H and O–H groups in total. The van der Waals surface area contributed by atoms with Crippen LogP contribution in [0.25, 0.3) is 11.2 Å². The number of carbonyl (C=O) groups is 1. The summed E-state index contributed by atoms with van der Waals surface area (Å²) in [6.45, 7) is 2.57. The molecule has 150 valence electrons. The molecule has 1 saturated heterocycles. The predicted molar refractivity (Wildman–Crippen MR) is 105 cm³/mol. The van der Waals surface area contributed by atoms with Gasteiger partial charge in [0.2, 0.25) is 11.6 Å². The highest BCUT2D eigenvalue weighted by Gasteiger charge is 2.29. The predicted octanol–water partition coefficient (Wildman–Crippen LogP) is 1.50. The van der Waals surface area contributed by atoms with Crippen molar-refractivity contribution in [2.24, 2.45) is 5.92 Å². The first-order valence-electron chi connectivity index (χ1n) is 9.97. The molecule has 9 nitrogen and oxygen atoms in total. The number of hydrogen-bond donors (Lipinski definition) is 1. The SMILES string of the molecule is O=C(CC1CCCN(c2nc3ncccc3o2)C1)N1CCc2c(nc[nH]c2=O)C1. The highest BCUT2D eigenvalue weighted by atomic mass is 16.4. The average Bonchev–Trinajstić information content (AvgIpc) is 3.18. The summed E-state index contributed by atoms with van der Waals surface area (Å²) >= 11 is 0. The minimum absolute atomic E-state index is 0.0992. The summed E-state index contributed by atoms with van der Waals surface area (Å²) in [5.74, 6) is 0.358. The van der Waals surface area contributed by atoms with Gasteiger partial charge >= 0.3 is 0 Å². The number of fused-ring (bicyclic) bond motifs is 2. The Morgan fingerprint density at radius 2 is 2.24 bits per heavy atom. The van der Waals surface area contributed by atoms with Crippen molar-refractivity contribution >= 4 is 23.2 Å². The van der Waals surface area contributed by atoms with Gasteiger partial charge in [0.05, 0.1) is 18.6 Å². The highest BCUT2D eigenvalue weighted by Crippen LogP contribution is 2.27. The summed E-state index contributed by atoms with van der Waals surface area (Å²) in [7, 11) is 0. The Kier molecular flexibility index (Phi) is 4.49. The molecule has 9 heteroatoms. The zero-order valence-electron chi connectivity index (χ0n) is 16.0. The van der Waals surface area contributed by atoms with E-state index in [0.717, 1.165) is 25.9 Å². The van der Waals surface area contributed by atoms with Crippen LogP contribution in [-0.4, -0.2) is 50.4 Å². The van der Waals surface area contributed by atoms with Crippen LogP contribution in [0.4, 0.5) is 6.01 Å². The van der Waals surface area contributed by atoms with E-state index in [2.05, 4.69) is 24.8 Å². The summed E-state index contributed by atoms with van der Waals surface area (Å²) in [6.07, 6.45) is 6.13. The van der Waals surface area contributed by atoms with Crippen molar-refractivity contribution < 1.29 is 9.21 Å². The Bertz CT molecular complexity index is 1070. The average molecular weight is 394 g/mol. The van der Waals surface area contributed by atoms with Crippen LogP contribution in [0.15, 0.2) is 33.9 Å². The molecule has 1 amide bonds. The van der Waals surface area contributed by atoms with E-state index in [1.54, 1.807) is 6.20 Å². The van der Waals surface area contributed by atoms with Crippen LogP contribution in [-0.2, 0) is 17.8 Å². The van der Waals surface area contributed by atoms with Crippen molar-refractivity contribution in [2.75, 3.05) is 24.5 Å². The highest BCUT2D eigenvalue weighted by molar-refractivity contribution is 5.77. The number of aromatic nitrogens is 4. The number of nitrogens with zero attached hydrogens (tertiary/aromatic N) is 5. The standard InChI is InChI=1S/C20H22N6O3/c27-17(25-8-5-14-15(11-25)22-12-23-19(14)28)9-13-3-2-7-26(10-13)20-24-18-16(29-20)4-1-6-21-18/h1,4,6,12-13H,2-3,5,7-11H2,(H,22,23,28). The third kappa shape index (κ3) is 3.48. The second-order valence-corrected chi connectivity index (χ2v) is 7.70. The molecule has 1 fully saturated rings. The van der Waals surface area contributed by atoms with Crippen molar-refractivity contribution in [3.63, 3.8) is 0 Å². The van der Waals surface area contributed by atoms with E-state index in [4.69, 9.17) is 4.42 Å². The molecule has 0 aliphatic carbocycles. The number of nitrogens with one attached hydrogen (secondary N) is 1. The lowest BCUT2D eigenvalue weighted by molar-refractivity contribution is -0.133. The Balaban J connectivity index is 1.24. The van der Waals surface area contributed by atoms with E-state index in [-0.39, 0.29) is 17.4 Å². The van der Waals surface area contributed by atoms with E-state index in [0.29, 0.717) is 54.4 Å². The zero-order valence-corrected chi connectivity index (χ0v) is 16.0. The minimum atomic E-state index is -0.0992. The lowest BCUT2D eigenvalue weighted by Crippen LogP contribution is -2.42. The fraction of sp³-hybridized carbons (Fsp3) is 0.450. The Labute approximate surface area is 166 Å². The maximum absolute atomic E-state index is 12.9. The van der Waals surface area contributed by atoms with Gasteiger partial charge < -0.3 is 19.2 Å². The summed E-state index contributed by atoms with van der Waals surface area (Å²) in [5.41, 5.74) is 2.59. The third-order valence-corrected chi connectivity index (χ3v) is 5.77. The molecule has 0 saturated carbocycles. The van der Waals surface area contributed by atoms with Crippen LogP contribution in [0.3, 0.4) is 0 Å². The van der Waals surface area contributed by atoms with Crippen LogP contribution in [0, 0.1) is 5.92 Å². The molecular weight excluding hydrogens is 372 g/mol. The van der Waals surface area contributed by atoms with Crippen molar-refractivity contribution in [3.05, 3.63) is 46.3 Å². The summed E-state index contributed by atoms with van der Waals surface area (Å²) in [4.78, 5) is 44.2. The second kappa shape index (κ2) is 7.31. The van der Waals surface area contributed by atoms with E-state index < -0.39 is 0 Å². The minimum Gasteiger partial charge on any atom is -0.422 e. The molecular formula is C20H22N6O3. The van der Waals surface area contributed by atoms with Gasteiger partial charge in [0.1, 0.15) is 0 Å². The van der Waals surface area contributed by atoms with Crippen LogP contribution in [0.2, 0.25) is 0 Å². The monoisotopic (exact) mass is 394 g/mol. The second-order valence-electron chi connectivity index (χ2n) is 7.70. The number of anilines is 1. The Morgan fingerprint density at radius 3 is 3.14 bits per heavy atom. The summed E-state index contributed by atoms with van der Waals surface area (Å²) in [5, 5.41) is 0. The Hall–Kier alpha value is -3.23. The topological polar surface area (TPSA) is 108 Å². The zero-order chi connectivity index (χ0) is 19.8. The van der Waals surface area contributed by atoms with Crippen LogP contribution < -0.4 is 10.5 Å². The molecule has 0 radical (unpaired) electrons. The van der Waals surface area contributed by atoms with Gasteiger partial charge in [-0.1, -0.05) is 0 Å². The number of rotatable bonds is 3. The van der Waals surface area contributed by atoms with Gasteiger partial charge in [-0.3, -0.25) is 9.59 Å². The maximum Gasteiger partial charge on any atom is 0.299 e. The maximum atomic E-state index is 12.9. The van der Waals surface area contributed by atoms with Gasteiger partial charge in [0.25, 0.3) is 11.6 Å². The lowest BCUT2D eigenvalue weighted by Gasteiger charge is -2.33. The molecule has 5 heterocycles. The van der Waals surface area contributed by atoms with E-state index in [1.165, 1.54) is 6.33 Å². The molecule has 5 rings (SSSR count). The van der Waals surface area contributed by atoms with Crippen molar-refractivity contribution in [3.8, 4) is 0 Å². The lowest BCUT2D eigenvalue weighted by atomic mass is 9.94. The van der Waals surface area contributed by atoms with Gasteiger partial charge in [0, 0.05) is 37.8 Å². The molecule has 1 atom stereocenters. The number of pyridine rings is 1. The van der Waals surface area contributed by atoms with Crippen LogP contribution in [0.5, 0.6) is 0 Å². The van der Waals surface area contributed by atoms with Crippen molar-refractivity contribution in [2.45, 2.75) is 32.2 Å². The Morgan fingerprint density at radius 1 is 1.31 bits per heavy atom. The molecule has 2 aliphatic rings. The van der Waals surface area contributed by atoms with E-state index >= 15 is 0 Å². The molecule has 3 aromatic heterocycles. The van der Waals surface area contributed by atoms with Crippen molar-refractivity contribution in [1.29, 1.82) is 0 Å². The number of aromatic amines is 1. The van der Waals surface area contributed by atoms with Crippen LogP contribution in [0.1, 0.15) is 30.5 Å². The first-order valence-corrected chi connectivity index (χ1v) is 9.97. The number of carbonyl (C=O) groups excluding carboxylic acids is 1. The number of H-pyrrole nitrogens is 1. The molecule has 1 unspecified atom stereocenters. The van der Waals surface area contributed by atoms with Crippen LogP contribution >= 0.6 is 0 Å². The molecule has 0 bridgehead atoms. The number of amides is 1. The molecule has 0 aromatic carbocycles. The smallest absolute Gasteiger partial charge is 0.299 e. The quantitative estimate of drug-likeness (QED) is 0.717. The third-order valence-electron chi connectivity index (χ3n) is 5.77. The first-order chi connectivity index (χ1) is 14.2. The summed E-state index contributed by atoms with van der Waals surface area (Å²) < 4.78 is 5.84. The first kappa shape index (κ1) is 17.8. The molecule has 2 aliphatic heterocycles. The fourth-order valence-corrected chi connectivity index (χ4v) is 4.25. The van der Waals surface area contributed by atoms with Gasteiger partial charge in [-0.25, -0.2) is 9.97 Å². The molecule has 3 aromatic rings. The van der Waals surface area contributed by atoms with Crippen molar-refractivity contribution in [1.82, 2.24) is 24.8 Å². The van der Waals surface area contributed by atoms with Gasteiger partial charge in [-0.2, -0.15) is 4.98 Å². The van der Waals surface area contributed by atoms with Gasteiger partial charge in [0.15, 0.2) is 5.58 Å². The van der Waals surface area contributed by atoms with E-state index in [9.17, 15) is 9.59 Å². The fourth-order valence-electron chi connectivity index (χ4n) is 4.25. The molecule has 0 spiro atoms. The largest absolute Gasteiger partial charge is 0.422 e.